The van der Waals surface area contributed by atoms with Gasteiger partial charge < -0.3 is 5.11 Å². The summed E-state index contributed by atoms with van der Waals surface area (Å²) in [7, 11) is 0. The van der Waals surface area contributed by atoms with E-state index in [9.17, 15) is 9.50 Å². The molecule has 1 rings (SSSR count). The molecule has 0 spiro atoms. The molecule has 1 nitrogen and oxygen atoms in total. The Bertz CT molecular complexity index is 323. The molecule has 1 atom stereocenters. The Labute approximate surface area is 88.5 Å². The fourth-order valence-electron chi connectivity index (χ4n) is 1.55. The number of hydrogen-bond acceptors (Lipinski definition) is 1. The predicted molar refractivity (Wildman–Crippen MR) is 55.9 cm³/mol. The van der Waals surface area contributed by atoms with Gasteiger partial charge in [-0.15, -0.1) is 0 Å². The average molecular weight is 217 g/mol. The molecule has 0 bridgehead atoms. The summed E-state index contributed by atoms with van der Waals surface area (Å²) in [6, 6.07) is 4.35. The predicted octanol–water partition coefficient (Wildman–Crippen LogP) is 3.49. The first-order chi connectivity index (χ1) is 6.47. The van der Waals surface area contributed by atoms with Crippen LogP contribution in [-0.2, 0) is 5.60 Å². The van der Waals surface area contributed by atoms with Crippen molar-refractivity contribution >= 4 is 11.6 Å². The maximum absolute atomic E-state index is 13.4. The van der Waals surface area contributed by atoms with Crippen LogP contribution in [0.15, 0.2) is 18.2 Å². The molecule has 3 heteroatoms. The molecule has 14 heavy (non-hydrogen) atoms. The van der Waals surface area contributed by atoms with Gasteiger partial charge in [-0.25, -0.2) is 4.39 Å². The fourth-order valence-corrected chi connectivity index (χ4v) is 1.71. The number of hydrogen-bond donors (Lipinski definition) is 1. The second-order valence-corrected chi connectivity index (χ2v) is 4.08. The van der Waals surface area contributed by atoms with Crippen molar-refractivity contribution in [3.63, 3.8) is 0 Å². The van der Waals surface area contributed by atoms with Crippen LogP contribution in [0.4, 0.5) is 4.39 Å². The molecule has 1 unspecified atom stereocenters. The maximum atomic E-state index is 13.4. The number of aliphatic hydroxyl groups is 1. The monoisotopic (exact) mass is 216 g/mol. The molecule has 1 aromatic carbocycles. The first kappa shape index (κ1) is 11.5. The molecule has 0 heterocycles. The Balaban J connectivity index is 3.06. The van der Waals surface area contributed by atoms with Gasteiger partial charge in [-0.1, -0.05) is 31.0 Å². The summed E-state index contributed by atoms with van der Waals surface area (Å²) < 4.78 is 13.4. The van der Waals surface area contributed by atoms with Crippen LogP contribution in [-0.4, -0.2) is 5.11 Å². The highest BCUT2D eigenvalue weighted by molar-refractivity contribution is 6.30. The summed E-state index contributed by atoms with van der Waals surface area (Å²) in [6.45, 7) is 3.56. The van der Waals surface area contributed by atoms with E-state index in [4.69, 9.17) is 11.6 Å². The van der Waals surface area contributed by atoms with Gasteiger partial charge in [0.1, 0.15) is 5.82 Å². The fraction of sp³-hybridized carbons (Fsp3) is 0.455. The molecule has 0 aliphatic rings. The minimum atomic E-state index is -1.11. The molecule has 0 radical (unpaired) electrons. The zero-order valence-electron chi connectivity index (χ0n) is 8.35. The second kappa shape index (κ2) is 4.28. The van der Waals surface area contributed by atoms with Crippen molar-refractivity contribution in [2.45, 2.75) is 32.3 Å². The molecular formula is C11H14ClFO. The SMILES string of the molecule is CCCC(C)(O)c1ccc(Cl)cc1F. The molecule has 0 saturated carbocycles. The summed E-state index contributed by atoms with van der Waals surface area (Å²) in [6.07, 6.45) is 1.33. The normalized spacial score (nSPS) is 15.2. The van der Waals surface area contributed by atoms with Crippen molar-refractivity contribution in [3.05, 3.63) is 34.6 Å². The van der Waals surface area contributed by atoms with E-state index >= 15 is 0 Å². The van der Waals surface area contributed by atoms with Gasteiger partial charge >= 0.3 is 0 Å². The highest BCUT2D eigenvalue weighted by Gasteiger charge is 2.25. The van der Waals surface area contributed by atoms with Crippen LogP contribution in [0.5, 0.6) is 0 Å². The average Bonchev–Trinajstić information content (AvgIpc) is 2.02. The largest absolute Gasteiger partial charge is 0.385 e. The van der Waals surface area contributed by atoms with E-state index in [2.05, 4.69) is 0 Å². The third-order valence-corrected chi connectivity index (χ3v) is 2.48. The summed E-state index contributed by atoms with van der Waals surface area (Å²) in [5.41, 5.74) is -0.799. The summed E-state index contributed by atoms with van der Waals surface area (Å²) in [5, 5.41) is 10.3. The Morgan fingerprint density at radius 3 is 2.64 bits per heavy atom. The van der Waals surface area contributed by atoms with Crippen LogP contribution in [0, 0.1) is 5.82 Å². The van der Waals surface area contributed by atoms with E-state index in [0.29, 0.717) is 17.0 Å². The highest BCUT2D eigenvalue weighted by Crippen LogP contribution is 2.29. The van der Waals surface area contributed by atoms with Gasteiger partial charge in [0.15, 0.2) is 0 Å². The molecular weight excluding hydrogens is 203 g/mol. The lowest BCUT2D eigenvalue weighted by Gasteiger charge is -2.23. The smallest absolute Gasteiger partial charge is 0.130 e. The zero-order chi connectivity index (χ0) is 10.8. The zero-order valence-corrected chi connectivity index (χ0v) is 9.11. The number of benzene rings is 1. The standard InChI is InChI=1S/C11H14ClFO/c1-3-6-11(2,14)9-5-4-8(12)7-10(9)13/h4-5,7,14H,3,6H2,1-2H3. The maximum Gasteiger partial charge on any atom is 0.130 e. The van der Waals surface area contributed by atoms with Gasteiger partial charge in [0.25, 0.3) is 0 Å². The van der Waals surface area contributed by atoms with Gasteiger partial charge in [0, 0.05) is 10.6 Å². The molecule has 0 aliphatic heterocycles. The first-order valence-corrected chi connectivity index (χ1v) is 5.03. The van der Waals surface area contributed by atoms with E-state index in [1.807, 2.05) is 6.92 Å². The molecule has 1 aromatic rings. The van der Waals surface area contributed by atoms with Crippen LogP contribution >= 0.6 is 11.6 Å². The van der Waals surface area contributed by atoms with Crippen molar-refractivity contribution in [2.24, 2.45) is 0 Å². The van der Waals surface area contributed by atoms with Crippen LogP contribution in [0.25, 0.3) is 0 Å². The minimum absolute atomic E-state index is 0.309. The van der Waals surface area contributed by atoms with Crippen molar-refractivity contribution in [2.75, 3.05) is 0 Å². The Kier molecular flexibility index (Phi) is 3.51. The number of rotatable bonds is 3. The summed E-state index contributed by atoms with van der Waals surface area (Å²) >= 11 is 5.62. The molecule has 0 saturated heterocycles. The van der Waals surface area contributed by atoms with Crippen molar-refractivity contribution in [1.82, 2.24) is 0 Å². The van der Waals surface area contributed by atoms with Gasteiger partial charge in [-0.05, 0) is 25.5 Å². The topological polar surface area (TPSA) is 20.2 Å². The summed E-state index contributed by atoms with van der Waals surface area (Å²) in [4.78, 5) is 0. The van der Waals surface area contributed by atoms with Gasteiger partial charge in [0.05, 0.1) is 5.60 Å². The van der Waals surface area contributed by atoms with Crippen molar-refractivity contribution < 1.29 is 9.50 Å². The van der Waals surface area contributed by atoms with E-state index in [0.717, 1.165) is 6.42 Å². The van der Waals surface area contributed by atoms with E-state index in [-0.39, 0.29) is 0 Å². The third kappa shape index (κ3) is 2.46. The lowest BCUT2D eigenvalue weighted by molar-refractivity contribution is 0.0433. The number of halogens is 2. The van der Waals surface area contributed by atoms with Crippen molar-refractivity contribution in [3.8, 4) is 0 Å². The minimum Gasteiger partial charge on any atom is -0.385 e. The molecule has 78 valence electrons. The Hall–Kier alpha value is -0.600. The summed E-state index contributed by atoms with van der Waals surface area (Å²) in [5.74, 6) is -0.448. The van der Waals surface area contributed by atoms with Crippen LogP contribution in [0.2, 0.25) is 5.02 Å². The molecule has 0 aliphatic carbocycles. The molecule has 0 fully saturated rings. The van der Waals surface area contributed by atoms with Crippen LogP contribution < -0.4 is 0 Å². The van der Waals surface area contributed by atoms with E-state index in [1.54, 1.807) is 13.0 Å². The Morgan fingerprint density at radius 1 is 1.50 bits per heavy atom. The highest BCUT2D eigenvalue weighted by atomic mass is 35.5. The van der Waals surface area contributed by atoms with E-state index in [1.165, 1.54) is 12.1 Å². The lowest BCUT2D eigenvalue weighted by atomic mass is 9.91. The molecule has 0 aromatic heterocycles. The Morgan fingerprint density at radius 2 is 2.14 bits per heavy atom. The molecule has 1 N–H and O–H groups in total. The van der Waals surface area contributed by atoms with Gasteiger partial charge in [-0.2, -0.15) is 0 Å². The lowest BCUT2D eigenvalue weighted by Crippen LogP contribution is -2.22. The van der Waals surface area contributed by atoms with Gasteiger partial charge in [-0.3, -0.25) is 0 Å². The van der Waals surface area contributed by atoms with Crippen LogP contribution in [0.1, 0.15) is 32.3 Å². The van der Waals surface area contributed by atoms with Gasteiger partial charge in [0.2, 0.25) is 0 Å². The van der Waals surface area contributed by atoms with Crippen molar-refractivity contribution in [1.29, 1.82) is 0 Å². The third-order valence-electron chi connectivity index (χ3n) is 2.25. The van der Waals surface area contributed by atoms with E-state index < -0.39 is 11.4 Å². The quantitative estimate of drug-likeness (QED) is 0.820. The molecule has 0 amide bonds. The second-order valence-electron chi connectivity index (χ2n) is 3.65. The first-order valence-electron chi connectivity index (χ1n) is 4.65. The van der Waals surface area contributed by atoms with Crippen LogP contribution in [0.3, 0.4) is 0 Å².